The summed E-state index contributed by atoms with van der Waals surface area (Å²) in [5.74, 6) is -1.03. The second kappa shape index (κ2) is 6.80. The maximum absolute atomic E-state index is 12.2. The van der Waals surface area contributed by atoms with Crippen molar-refractivity contribution in [2.75, 3.05) is 13.7 Å². The molecule has 1 aromatic rings. The Morgan fingerprint density at radius 2 is 2.19 bits per heavy atom. The van der Waals surface area contributed by atoms with Gasteiger partial charge in [-0.15, -0.1) is 0 Å². The first-order valence-corrected chi connectivity index (χ1v) is 7.25. The Morgan fingerprint density at radius 1 is 1.43 bits per heavy atom. The molecule has 1 aliphatic rings. The van der Waals surface area contributed by atoms with Gasteiger partial charge in [-0.2, -0.15) is 0 Å². The highest BCUT2D eigenvalue weighted by molar-refractivity contribution is 6.30. The van der Waals surface area contributed by atoms with E-state index in [1.165, 1.54) is 7.11 Å². The van der Waals surface area contributed by atoms with Crippen LogP contribution in [-0.2, 0) is 4.79 Å². The molecular formula is C15H18ClNO4. The number of halogens is 1. The number of carboxylic acids is 1. The van der Waals surface area contributed by atoms with Crippen LogP contribution in [0.15, 0.2) is 18.2 Å². The van der Waals surface area contributed by atoms with Crippen molar-refractivity contribution in [1.29, 1.82) is 0 Å². The third-order valence-electron chi connectivity index (χ3n) is 3.91. The van der Waals surface area contributed by atoms with Gasteiger partial charge in [0.15, 0.2) is 0 Å². The van der Waals surface area contributed by atoms with E-state index in [2.05, 4.69) is 5.32 Å². The van der Waals surface area contributed by atoms with Gasteiger partial charge in [-0.3, -0.25) is 9.59 Å². The predicted molar refractivity (Wildman–Crippen MR) is 78.8 cm³/mol. The van der Waals surface area contributed by atoms with E-state index in [-0.39, 0.29) is 17.7 Å². The molecule has 0 radical (unpaired) electrons. The van der Waals surface area contributed by atoms with Crippen LogP contribution >= 0.6 is 11.6 Å². The summed E-state index contributed by atoms with van der Waals surface area (Å²) in [6, 6.07) is 4.79. The minimum absolute atomic E-state index is 0.00950. The van der Waals surface area contributed by atoms with Crippen LogP contribution in [0.4, 0.5) is 0 Å². The second-order valence-corrected chi connectivity index (χ2v) is 5.63. The molecule has 21 heavy (non-hydrogen) atoms. The molecule has 114 valence electrons. The topological polar surface area (TPSA) is 75.6 Å². The SMILES string of the molecule is COc1cc(Cl)ccc1C(=O)NCC1CCCC1C(=O)O. The van der Waals surface area contributed by atoms with E-state index in [1.54, 1.807) is 18.2 Å². The lowest BCUT2D eigenvalue weighted by molar-refractivity contribution is -0.142. The van der Waals surface area contributed by atoms with Gasteiger partial charge >= 0.3 is 5.97 Å². The van der Waals surface area contributed by atoms with Crippen LogP contribution in [0.3, 0.4) is 0 Å². The molecule has 1 fully saturated rings. The second-order valence-electron chi connectivity index (χ2n) is 5.19. The molecule has 2 unspecified atom stereocenters. The smallest absolute Gasteiger partial charge is 0.306 e. The Bertz CT molecular complexity index is 546. The fourth-order valence-corrected chi connectivity index (χ4v) is 2.94. The molecule has 2 atom stereocenters. The van der Waals surface area contributed by atoms with E-state index in [0.29, 0.717) is 29.3 Å². The first-order valence-electron chi connectivity index (χ1n) is 6.87. The lowest BCUT2D eigenvalue weighted by atomic mass is 9.96. The molecule has 1 amide bonds. The highest BCUT2D eigenvalue weighted by Gasteiger charge is 2.33. The Labute approximate surface area is 128 Å². The average molecular weight is 312 g/mol. The highest BCUT2D eigenvalue weighted by Crippen LogP contribution is 2.31. The number of benzene rings is 1. The van der Waals surface area contributed by atoms with E-state index in [1.807, 2.05) is 0 Å². The maximum Gasteiger partial charge on any atom is 0.306 e. The zero-order chi connectivity index (χ0) is 15.4. The summed E-state index contributed by atoms with van der Waals surface area (Å²) in [5.41, 5.74) is 0.395. The van der Waals surface area contributed by atoms with Gasteiger partial charge in [-0.05, 0) is 37.0 Å². The number of hydrogen-bond donors (Lipinski definition) is 2. The minimum Gasteiger partial charge on any atom is -0.496 e. The van der Waals surface area contributed by atoms with Crippen molar-refractivity contribution in [3.8, 4) is 5.75 Å². The summed E-state index contributed by atoms with van der Waals surface area (Å²) < 4.78 is 5.14. The van der Waals surface area contributed by atoms with Gasteiger partial charge in [0, 0.05) is 11.6 Å². The number of ether oxygens (including phenoxy) is 1. The lowest BCUT2D eigenvalue weighted by Gasteiger charge is -2.17. The largest absolute Gasteiger partial charge is 0.496 e. The number of carbonyl (C=O) groups excluding carboxylic acids is 1. The Hall–Kier alpha value is -1.75. The van der Waals surface area contributed by atoms with E-state index in [9.17, 15) is 9.59 Å². The van der Waals surface area contributed by atoms with Crippen LogP contribution < -0.4 is 10.1 Å². The maximum atomic E-state index is 12.2. The van der Waals surface area contributed by atoms with Crippen LogP contribution in [0.25, 0.3) is 0 Å². The monoisotopic (exact) mass is 311 g/mol. The average Bonchev–Trinajstić information content (AvgIpc) is 2.93. The number of nitrogens with one attached hydrogen (secondary N) is 1. The lowest BCUT2D eigenvalue weighted by Crippen LogP contribution is -2.33. The van der Waals surface area contributed by atoms with Crippen LogP contribution in [-0.4, -0.2) is 30.6 Å². The van der Waals surface area contributed by atoms with Crippen molar-refractivity contribution < 1.29 is 19.4 Å². The Morgan fingerprint density at radius 3 is 2.86 bits per heavy atom. The van der Waals surface area contributed by atoms with Crippen molar-refractivity contribution in [3.63, 3.8) is 0 Å². The van der Waals surface area contributed by atoms with Crippen molar-refractivity contribution >= 4 is 23.5 Å². The minimum atomic E-state index is -0.782. The van der Waals surface area contributed by atoms with Crippen molar-refractivity contribution in [1.82, 2.24) is 5.32 Å². The Balaban J connectivity index is 2.00. The summed E-state index contributed by atoms with van der Waals surface area (Å²) in [6.45, 7) is 0.363. The number of hydrogen-bond acceptors (Lipinski definition) is 3. The quantitative estimate of drug-likeness (QED) is 0.876. The van der Waals surface area contributed by atoms with E-state index < -0.39 is 5.97 Å². The molecule has 2 N–H and O–H groups in total. The summed E-state index contributed by atoms with van der Waals surface area (Å²) in [7, 11) is 1.47. The van der Waals surface area contributed by atoms with Gasteiger partial charge in [-0.1, -0.05) is 18.0 Å². The highest BCUT2D eigenvalue weighted by atomic mass is 35.5. The molecule has 1 aliphatic carbocycles. The van der Waals surface area contributed by atoms with Gasteiger partial charge in [0.1, 0.15) is 5.75 Å². The molecule has 0 aromatic heterocycles. The Kier molecular flexibility index (Phi) is 5.07. The van der Waals surface area contributed by atoms with Crippen LogP contribution in [0.1, 0.15) is 29.6 Å². The van der Waals surface area contributed by atoms with Crippen molar-refractivity contribution in [2.45, 2.75) is 19.3 Å². The predicted octanol–water partition coefficient (Wildman–Crippen LogP) is 2.58. The molecule has 1 aromatic carbocycles. The van der Waals surface area contributed by atoms with E-state index in [0.717, 1.165) is 12.8 Å². The molecule has 6 heteroatoms. The number of rotatable bonds is 5. The van der Waals surface area contributed by atoms with Gasteiger partial charge in [0.2, 0.25) is 0 Å². The number of carbonyl (C=O) groups is 2. The van der Waals surface area contributed by atoms with E-state index >= 15 is 0 Å². The molecule has 0 spiro atoms. The van der Waals surface area contributed by atoms with Gasteiger partial charge < -0.3 is 15.2 Å². The summed E-state index contributed by atoms with van der Waals surface area (Å²) >= 11 is 5.86. The fourth-order valence-electron chi connectivity index (χ4n) is 2.78. The number of carboxylic acid groups (broad SMARTS) is 1. The van der Waals surface area contributed by atoms with Crippen molar-refractivity contribution in [2.24, 2.45) is 11.8 Å². The number of aliphatic carboxylic acids is 1. The van der Waals surface area contributed by atoms with E-state index in [4.69, 9.17) is 21.4 Å². The standard InChI is InChI=1S/C15H18ClNO4/c1-21-13-7-10(16)5-6-12(13)14(18)17-8-9-3-2-4-11(9)15(19)20/h5-7,9,11H,2-4,8H2,1H3,(H,17,18)(H,19,20). The van der Waals surface area contributed by atoms with Crippen molar-refractivity contribution in [3.05, 3.63) is 28.8 Å². The molecule has 0 saturated heterocycles. The zero-order valence-electron chi connectivity index (χ0n) is 11.8. The third kappa shape index (κ3) is 3.67. The molecule has 0 aliphatic heterocycles. The summed E-state index contributed by atoms with van der Waals surface area (Å²) in [6.07, 6.45) is 2.40. The number of amides is 1. The fraction of sp³-hybridized carbons (Fsp3) is 0.467. The van der Waals surface area contributed by atoms with Gasteiger partial charge in [-0.25, -0.2) is 0 Å². The molecule has 5 nitrogen and oxygen atoms in total. The molecule has 0 bridgehead atoms. The number of methoxy groups -OCH3 is 1. The van der Waals surface area contributed by atoms with Crippen LogP contribution in [0.5, 0.6) is 5.75 Å². The zero-order valence-corrected chi connectivity index (χ0v) is 12.5. The first kappa shape index (κ1) is 15.6. The van der Waals surface area contributed by atoms with Crippen LogP contribution in [0.2, 0.25) is 5.02 Å². The third-order valence-corrected chi connectivity index (χ3v) is 4.14. The molecule has 1 saturated carbocycles. The van der Waals surface area contributed by atoms with Gasteiger partial charge in [0.25, 0.3) is 5.91 Å². The van der Waals surface area contributed by atoms with Gasteiger partial charge in [0.05, 0.1) is 18.6 Å². The summed E-state index contributed by atoms with van der Waals surface area (Å²) in [4.78, 5) is 23.3. The normalized spacial score (nSPS) is 21.0. The molecule has 0 heterocycles. The first-order chi connectivity index (χ1) is 10.0. The molecular weight excluding hydrogens is 294 g/mol. The van der Waals surface area contributed by atoms with Crippen LogP contribution in [0, 0.1) is 11.8 Å². The molecule has 2 rings (SSSR count). The summed E-state index contributed by atoms with van der Waals surface area (Å²) in [5, 5.41) is 12.4.